The highest BCUT2D eigenvalue weighted by molar-refractivity contribution is 9.10. The standard InChI is InChI=1S/C12H12BrCl2NO3S/c13-9-7-10(14)8(6-11(9)20(15,18)19)12(17)16-4-2-1-3-5-16/h6-7H,1-5H2. The normalized spacial score (nSPS) is 16.2. The van der Waals surface area contributed by atoms with E-state index >= 15 is 0 Å². The van der Waals surface area contributed by atoms with Crippen LogP contribution in [-0.4, -0.2) is 32.3 Å². The lowest BCUT2D eigenvalue weighted by Gasteiger charge is -2.27. The zero-order valence-electron chi connectivity index (χ0n) is 10.4. The van der Waals surface area contributed by atoms with Gasteiger partial charge in [-0.3, -0.25) is 4.79 Å². The molecule has 0 unspecified atom stereocenters. The highest BCUT2D eigenvalue weighted by Crippen LogP contribution is 2.32. The van der Waals surface area contributed by atoms with Crippen molar-refractivity contribution in [3.05, 3.63) is 27.2 Å². The van der Waals surface area contributed by atoms with Gasteiger partial charge in [0.05, 0.1) is 15.5 Å². The van der Waals surface area contributed by atoms with Crippen LogP contribution >= 0.6 is 38.2 Å². The first kappa shape index (κ1) is 16.1. The molecule has 0 saturated carbocycles. The van der Waals surface area contributed by atoms with Gasteiger partial charge in [0.15, 0.2) is 0 Å². The number of piperidine rings is 1. The second-order valence-electron chi connectivity index (χ2n) is 4.55. The number of amides is 1. The molecule has 1 aliphatic rings. The summed E-state index contributed by atoms with van der Waals surface area (Å²) in [5.74, 6) is -0.260. The third-order valence-corrected chi connectivity index (χ3v) is 5.75. The molecular weight excluding hydrogens is 389 g/mol. The Bertz CT molecular complexity index is 642. The Morgan fingerprint density at radius 2 is 1.80 bits per heavy atom. The van der Waals surface area contributed by atoms with E-state index in [4.69, 9.17) is 22.3 Å². The zero-order chi connectivity index (χ0) is 14.9. The van der Waals surface area contributed by atoms with Crippen LogP contribution in [0.25, 0.3) is 0 Å². The Hall–Kier alpha value is -0.300. The number of carbonyl (C=O) groups is 1. The van der Waals surface area contributed by atoms with Crippen LogP contribution in [0, 0.1) is 0 Å². The Morgan fingerprint density at radius 3 is 2.35 bits per heavy atom. The molecule has 1 heterocycles. The van der Waals surface area contributed by atoms with E-state index in [9.17, 15) is 13.2 Å². The quantitative estimate of drug-likeness (QED) is 0.711. The number of likely N-dealkylation sites (tertiary alicyclic amines) is 1. The van der Waals surface area contributed by atoms with Crippen molar-refractivity contribution in [3.8, 4) is 0 Å². The molecule has 1 fully saturated rings. The SMILES string of the molecule is O=C(c1cc(S(=O)(=O)Cl)c(Br)cc1Cl)N1CCCCC1. The van der Waals surface area contributed by atoms with Gasteiger partial charge in [-0.05, 0) is 47.3 Å². The molecule has 0 spiro atoms. The summed E-state index contributed by atoms with van der Waals surface area (Å²) in [6.45, 7) is 1.32. The topological polar surface area (TPSA) is 54.5 Å². The van der Waals surface area contributed by atoms with E-state index in [1.54, 1.807) is 4.90 Å². The molecule has 0 atom stereocenters. The van der Waals surface area contributed by atoms with Gasteiger partial charge >= 0.3 is 0 Å². The van der Waals surface area contributed by atoms with Crippen LogP contribution in [0.1, 0.15) is 29.6 Å². The predicted octanol–water partition coefficient (Wildman–Crippen LogP) is 3.66. The van der Waals surface area contributed by atoms with Crippen molar-refractivity contribution in [1.82, 2.24) is 4.90 Å². The van der Waals surface area contributed by atoms with Crippen molar-refractivity contribution >= 4 is 53.2 Å². The molecule has 0 radical (unpaired) electrons. The van der Waals surface area contributed by atoms with Crippen molar-refractivity contribution in [3.63, 3.8) is 0 Å². The fourth-order valence-electron chi connectivity index (χ4n) is 2.15. The summed E-state index contributed by atoms with van der Waals surface area (Å²) < 4.78 is 23.2. The monoisotopic (exact) mass is 399 g/mol. The minimum absolute atomic E-state index is 0.149. The minimum Gasteiger partial charge on any atom is -0.339 e. The van der Waals surface area contributed by atoms with Gasteiger partial charge in [-0.25, -0.2) is 8.42 Å². The van der Waals surface area contributed by atoms with Gasteiger partial charge in [0.25, 0.3) is 15.0 Å². The van der Waals surface area contributed by atoms with Gasteiger partial charge in [0.2, 0.25) is 0 Å². The molecule has 2 rings (SSSR count). The first-order chi connectivity index (χ1) is 9.30. The number of hydrogen-bond donors (Lipinski definition) is 0. The maximum atomic E-state index is 12.4. The Kier molecular flexibility index (Phi) is 5.00. The summed E-state index contributed by atoms with van der Waals surface area (Å²) >= 11 is 9.14. The lowest BCUT2D eigenvalue weighted by atomic mass is 10.1. The van der Waals surface area contributed by atoms with E-state index < -0.39 is 9.05 Å². The molecule has 20 heavy (non-hydrogen) atoms. The van der Waals surface area contributed by atoms with Crippen molar-refractivity contribution < 1.29 is 13.2 Å². The predicted molar refractivity (Wildman–Crippen MR) is 81.9 cm³/mol. The Balaban J connectivity index is 2.43. The van der Waals surface area contributed by atoms with E-state index in [-0.39, 0.29) is 25.9 Å². The van der Waals surface area contributed by atoms with E-state index in [0.717, 1.165) is 19.3 Å². The lowest BCUT2D eigenvalue weighted by molar-refractivity contribution is 0.0724. The number of halogens is 3. The molecule has 1 amide bonds. The maximum Gasteiger partial charge on any atom is 0.262 e. The van der Waals surface area contributed by atoms with Crippen molar-refractivity contribution in [1.29, 1.82) is 0 Å². The highest BCUT2D eigenvalue weighted by Gasteiger charge is 2.24. The second kappa shape index (κ2) is 6.22. The first-order valence-electron chi connectivity index (χ1n) is 6.03. The molecule has 1 aliphatic heterocycles. The van der Waals surface area contributed by atoms with Crippen molar-refractivity contribution in [2.75, 3.05) is 13.1 Å². The van der Waals surface area contributed by atoms with Crippen molar-refractivity contribution in [2.45, 2.75) is 24.2 Å². The molecule has 110 valence electrons. The summed E-state index contributed by atoms with van der Waals surface area (Å²) in [6.07, 6.45) is 2.99. The average Bonchev–Trinajstić information content (AvgIpc) is 2.37. The van der Waals surface area contributed by atoms with E-state index in [2.05, 4.69) is 15.9 Å². The fourth-order valence-corrected chi connectivity index (χ4v) is 4.72. The second-order valence-corrected chi connectivity index (χ2v) is 8.35. The van der Waals surface area contributed by atoms with Crippen molar-refractivity contribution in [2.24, 2.45) is 0 Å². The molecule has 8 heteroatoms. The smallest absolute Gasteiger partial charge is 0.262 e. The molecule has 0 aliphatic carbocycles. The number of nitrogens with zero attached hydrogens (tertiary/aromatic N) is 1. The minimum atomic E-state index is -3.94. The van der Waals surface area contributed by atoms with Crippen LogP contribution in [0.5, 0.6) is 0 Å². The third-order valence-electron chi connectivity index (χ3n) is 3.16. The first-order valence-corrected chi connectivity index (χ1v) is 9.51. The largest absolute Gasteiger partial charge is 0.339 e. The highest BCUT2D eigenvalue weighted by atomic mass is 79.9. The average molecular weight is 401 g/mol. The summed E-state index contributed by atoms with van der Waals surface area (Å²) in [5.41, 5.74) is 0.163. The lowest BCUT2D eigenvalue weighted by Crippen LogP contribution is -2.35. The van der Waals surface area contributed by atoms with Crippen LogP contribution in [-0.2, 0) is 9.05 Å². The Labute approximate surface area is 135 Å². The molecule has 0 N–H and O–H groups in total. The van der Waals surface area contributed by atoms with Crippen LogP contribution in [0.2, 0.25) is 5.02 Å². The van der Waals surface area contributed by atoms with Gasteiger partial charge in [0, 0.05) is 28.2 Å². The number of rotatable bonds is 2. The molecule has 1 aromatic carbocycles. The molecule has 1 saturated heterocycles. The van der Waals surface area contributed by atoms with Gasteiger partial charge < -0.3 is 4.90 Å². The van der Waals surface area contributed by atoms with Crippen LogP contribution in [0.4, 0.5) is 0 Å². The summed E-state index contributed by atoms with van der Waals surface area (Å²) in [7, 11) is 1.41. The molecule has 0 aromatic heterocycles. The van der Waals surface area contributed by atoms with E-state index in [1.807, 2.05) is 0 Å². The van der Waals surface area contributed by atoms with Crippen LogP contribution < -0.4 is 0 Å². The van der Waals surface area contributed by atoms with Gasteiger partial charge in [-0.2, -0.15) is 0 Å². The third kappa shape index (κ3) is 3.47. The number of carbonyl (C=O) groups excluding carboxylic acids is 1. The maximum absolute atomic E-state index is 12.4. The summed E-state index contributed by atoms with van der Waals surface area (Å²) in [5, 5.41) is 0.205. The summed E-state index contributed by atoms with van der Waals surface area (Å²) in [6, 6.07) is 2.61. The van der Waals surface area contributed by atoms with Crippen LogP contribution in [0.3, 0.4) is 0 Å². The number of benzene rings is 1. The summed E-state index contributed by atoms with van der Waals surface area (Å²) in [4.78, 5) is 13.9. The van der Waals surface area contributed by atoms with E-state index in [0.29, 0.717) is 13.1 Å². The molecule has 1 aromatic rings. The van der Waals surface area contributed by atoms with Gasteiger partial charge in [-0.1, -0.05) is 11.6 Å². The number of hydrogen-bond acceptors (Lipinski definition) is 3. The Morgan fingerprint density at radius 1 is 1.20 bits per heavy atom. The molecule has 4 nitrogen and oxygen atoms in total. The van der Waals surface area contributed by atoms with E-state index in [1.165, 1.54) is 12.1 Å². The molecular formula is C12H12BrCl2NO3S. The molecule has 0 bridgehead atoms. The zero-order valence-corrected chi connectivity index (χ0v) is 14.3. The van der Waals surface area contributed by atoms with Gasteiger partial charge in [0.1, 0.15) is 0 Å². The van der Waals surface area contributed by atoms with Gasteiger partial charge in [-0.15, -0.1) is 0 Å². The van der Waals surface area contributed by atoms with Crippen LogP contribution in [0.15, 0.2) is 21.5 Å². The fraction of sp³-hybridized carbons (Fsp3) is 0.417.